The number of nitrogens with zero attached hydrogens (tertiary/aromatic N) is 6. The van der Waals surface area contributed by atoms with Crippen molar-refractivity contribution >= 4 is 21.5 Å². The minimum absolute atomic E-state index is 0.0645. The molecule has 0 aliphatic carbocycles. The van der Waals surface area contributed by atoms with E-state index in [9.17, 15) is 8.42 Å². The summed E-state index contributed by atoms with van der Waals surface area (Å²) in [4.78, 5) is 5.55. The number of aryl methyl sites for hydroxylation is 1. The van der Waals surface area contributed by atoms with Gasteiger partial charge in [-0.3, -0.25) is 14.4 Å². The second kappa shape index (κ2) is 17.0. The van der Waals surface area contributed by atoms with Gasteiger partial charge in [0.25, 0.3) is 0 Å². The average molecular weight is 706 g/mol. The normalized spacial score (nSPS) is 12.0. The Morgan fingerprint density at radius 3 is 2.02 bits per heavy atom. The number of para-hydroxylation sites is 2. The fourth-order valence-corrected chi connectivity index (χ4v) is 5.77. The molecule has 0 unspecified atom stereocenters. The van der Waals surface area contributed by atoms with E-state index in [1.807, 2.05) is 86.6 Å². The number of fused-ring (bicyclic) bond motifs is 1. The highest BCUT2D eigenvalue weighted by Crippen LogP contribution is 2.30. The Balaban J connectivity index is 0.000000183. The van der Waals surface area contributed by atoms with E-state index in [1.54, 1.807) is 50.5 Å². The van der Waals surface area contributed by atoms with Crippen molar-refractivity contribution < 1.29 is 22.2 Å². The molecule has 6 aromatic rings. The van der Waals surface area contributed by atoms with Crippen LogP contribution in [-0.2, 0) is 27.2 Å². The number of oxime groups is 1. The van der Waals surface area contributed by atoms with Gasteiger partial charge >= 0.3 is 10.1 Å². The minimum atomic E-state index is -3.94. The molecule has 0 amide bonds. The van der Waals surface area contributed by atoms with Crippen LogP contribution >= 0.6 is 0 Å². The van der Waals surface area contributed by atoms with Crippen molar-refractivity contribution in [3.63, 3.8) is 0 Å². The third kappa shape index (κ3) is 9.76. The lowest BCUT2D eigenvalue weighted by Gasteiger charge is -2.04. The van der Waals surface area contributed by atoms with Crippen LogP contribution in [0.3, 0.4) is 0 Å². The molecule has 0 spiro atoms. The predicted molar refractivity (Wildman–Crippen MR) is 198 cm³/mol. The molecule has 0 saturated heterocycles. The summed E-state index contributed by atoms with van der Waals surface area (Å²) in [7, 11) is -0.663. The van der Waals surface area contributed by atoms with Crippen molar-refractivity contribution in [1.29, 1.82) is 0 Å². The molecule has 13 heteroatoms. The van der Waals surface area contributed by atoms with E-state index in [2.05, 4.69) is 36.6 Å². The van der Waals surface area contributed by atoms with E-state index in [-0.39, 0.29) is 4.90 Å². The van der Waals surface area contributed by atoms with Gasteiger partial charge in [0, 0.05) is 47.8 Å². The number of hydrogen-bond acceptors (Lipinski definition) is 10. The second-order valence-corrected chi connectivity index (χ2v) is 13.0. The van der Waals surface area contributed by atoms with Crippen LogP contribution in [0.1, 0.15) is 30.8 Å². The molecule has 0 fully saturated rings. The summed E-state index contributed by atoms with van der Waals surface area (Å²) in [5, 5.41) is 19.8. The molecule has 7 rings (SSSR count). The molecule has 1 aliphatic rings. The molecule has 4 heterocycles. The Morgan fingerprint density at radius 2 is 1.45 bits per heavy atom. The number of pyridine rings is 1. The first-order valence-corrected chi connectivity index (χ1v) is 17.4. The van der Waals surface area contributed by atoms with Gasteiger partial charge in [0.05, 0.1) is 37.0 Å². The highest BCUT2D eigenvalue weighted by molar-refractivity contribution is 7.86. The number of rotatable bonds is 9. The van der Waals surface area contributed by atoms with Gasteiger partial charge < -0.3 is 9.47 Å². The van der Waals surface area contributed by atoms with Crippen LogP contribution in [0.5, 0.6) is 11.5 Å². The smallest absolute Gasteiger partial charge is 0.358 e. The molecular formula is C38H39N7O5S. The number of hydrogen-bond donors (Lipinski definition) is 1. The van der Waals surface area contributed by atoms with E-state index in [0.29, 0.717) is 12.1 Å². The first-order valence-electron chi connectivity index (χ1n) is 16.0. The third-order valence-electron chi connectivity index (χ3n) is 7.48. The van der Waals surface area contributed by atoms with Crippen molar-refractivity contribution in [3.05, 3.63) is 132 Å². The van der Waals surface area contributed by atoms with Gasteiger partial charge in [0.1, 0.15) is 16.4 Å². The Hall–Kier alpha value is -6.08. The van der Waals surface area contributed by atoms with Crippen LogP contribution in [0.15, 0.2) is 131 Å². The zero-order valence-electron chi connectivity index (χ0n) is 29.0. The maximum atomic E-state index is 12.2. The summed E-state index contributed by atoms with van der Waals surface area (Å²) in [6.45, 7) is 5.58. The SMILES string of the molecule is COc1ccccc1-c1cc(CC(C)=NOS(=O)(=O)c2ccc(C)cc2)[nH]n1.COc1ccccc1-c1cc2n(n1)N=C(C)C2.c1ccncc1. The summed E-state index contributed by atoms with van der Waals surface area (Å²) in [6.07, 6.45) is 4.74. The second-order valence-electron chi connectivity index (χ2n) is 11.5. The molecule has 0 saturated carbocycles. The number of H-pyrrole nitrogens is 1. The van der Waals surface area contributed by atoms with Gasteiger partial charge in [-0.05, 0) is 81.4 Å². The van der Waals surface area contributed by atoms with E-state index in [4.69, 9.17) is 13.8 Å². The minimum Gasteiger partial charge on any atom is -0.496 e. The monoisotopic (exact) mass is 705 g/mol. The van der Waals surface area contributed by atoms with Crippen LogP contribution < -0.4 is 9.47 Å². The molecular weight excluding hydrogens is 667 g/mol. The molecule has 0 radical (unpaired) electrons. The summed E-state index contributed by atoms with van der Waals surface area (Å²) in [5.74, 6) is 1.56. The van der Waals surface area contributed by atoms with Crippen molar-refractivity contribution in [1.82, 2.24) is 25.1 Å². The zero-order valence-corrected chi connectivity index (χ0v) is 29.8. The maximum absolute atomic E-state index is 12.2. The van der Waals surface area contributed by atoms with Crippen LogP contribution in [0.4, 0.5) is 0 Å². The van der Waals surface area contributed by atoms with E-state index in [0.717, 1.165) is 63.1 Å². The molecule has 0 atom stereocenters. The number of benzene rings is 3. The van der Waals surface area contributed by atoms with Crippen molar-refractivity contribution in [2.75, 3.05) is 14.2 Å². The van der Waals surface area contributed by atoms with Crippen molar-refractivity contribution in [2.45, 2.75) is 38.5 Å². The molecule has 51 heavy (non-hydrogen) atoms. The lowest BCUT2D eigenvalue weighted by atomic mass is 10.1. The number of ether oxygens (including phenoxy) is 2. The van der Waals surface area contributed by atoms with Gasteiger partial charge in [-0.15, -0.1) is 0 Å². The van der Waals surface area contributed by atoms with E-state index < -0.39 is 10.1 Å². The Labute approximate surface area is 297 Å². The summed E-state index contributed by atoms with van der Waals surface area (Å²) < 4.78 is 39.9. The van der Waals surface area contributed by atoms with Crippen LogP contribution in [0.25, 0.3) is 22.5 Å². The standard InChI is InChI=1S/C20H21N3O4S.C13H13N3O.C5H5N/c1-14-8-10-17(11-9-14)28(24,25)27-23-15(2)12-16-13-19(22-21-16)18-6-4-5-7-20(18)26-3;1-9-7-10-8-12(15-16(10)14-9)11-5-3-4-6-13(11)17-2;1-2-4-6-5-3-1/h4-11,13H,12H2,1-3H3,(H,21,22);3-6,8H,7H2,1-2H3;1-5H. The fraction of sp³-hybridized carbons (Fsp3) is 0.184. The number of aromatic amines is 1. The van der Waals surface area contributed by atoms with Crippen molar-refractivity contribution in [3.8, 4) is 34.0 Å². The Kier molecular flexibility index (Phi) is 12.1. The number of nitrogens with one attached hydrogen (secondary N) is 1. The molecule has 0 bridgehead atoms. The Morgan fingerprint density at radius 1 is 0.824 bits per heavy atom. The predicted octanol–water partition coefficient (Wildman–Crippen LogP) is 7.14. The first kappa shape index (κ1) is 36.2. The largest absolute Gasteiger partial charge is 0.496 e. The third-order valence-corrected chi connectivity index (χ3v) is 8.60. The first-order chi connectivity index (χ1) is 24.7. The number of methoxy groups -OCH3 is 2. The summed E-state index contributed by atoms with van der Waals surface area (Å²) in [5.41, 5.74) is 7.96. The lowest BCUT2D eigenvalue weighted by Crippen LogP contribution is -2.06. The van der Waals surface area contributed by atoms with E-state index in [1.165, 1.54) is 12.1 Å². The topological polar surface area (TPSA) is 146 Å². The Bertz CT molecular complexity index is 2180. The van der Waals surface area contributed by atoms with E-state index >= 15 is 0 Å². The lowest BCUT2D eigenvalue weighted by molar-refractivity contribution is 0.337. The summed E-state index contributed by atoms with van der Waals surface area (Å²) in [6, 6.07) is 31.5. The van der Waals surface area contributed by atoms with Crippen LogP contribution in [0, 0.1) is 6.92 Å². The molecule has 1 N–H and O–H groups in total. The molecule has 12 nitrogen and oxygen atoms in total. The molecule has 1 aliphatic heterocycles. The summed E-state index contributed by atoms with van der Waals surface area (Å²) >= 11 is 0. The van der Waals surface area contributed by atoms with Crippen LogP contribution in [0.2, 0.25) is 0 Å². The fourth-order valence-electron chi connectivity index (χ4n) is 4.99. The zero-order chi connectivity index (χ0) is 36.2. The van der Waals surface area contributed by atoms with Crippen molar-refractivity contribution in [2.24, 2.45) is 10.3 Å². The van der Waals surface area contributed by atoms with Crippen LogP contribution in [-0.4, -0.2) is 59.1 Å². The van der Waals surface area contributed by atoms with Gasteiger partial charge in [-0.1, -0.05) is 53.2 Å². The maximum Gasteiger partial charge on any atom is 0.358 e. The molecule has 3 aromatic heterocycles. The average Bonchev–Trinajstić information content (AvgIpc) is 3.87. The highest BCUT2D eigenvalue weighted by Gasteiger charge is 2.18. The highest BCUT2D eigenvalue weighted by atomic mass is 32.2. The molecule has 3 aromatic carbocycles. The van der Waals surface area contributed by atoms with Gasteiger partial charge in [-0.2, -0.15) is 28.5 Å². The molecule has 262 valence electrons. The van der Waals surface area contributed by atoms with Gasteiger partial charge in [0.2, 0.25) is 0 Å². The quantitative estimate of drug-likeness (QED) is 0.123. The number of aromatic nitrogens is 5. The van der Waals surface area contributed by atoms with Gasteiger partial charge in [0.15, 0.2) is 0 Å². The van der Waals surface area contributed by atoms with Gasteiger partial charge in [-0.25, -0.2) is 0 Å².